The summed E-state index contributed by atoms with van der Waals surface area (Å²) in [6.45, 7) is 13.3. The first-order valence-corrected chi connectivity index (χ1v) is 9.49. The molecule has 1 heterocycles. The monoisotopic (exact) mass is 327 g/mol. The van der Waals surface area contributed by atoms with Crippen molar-refractivity contribution >= 4 is 16.6 Å². The molecule has 0 saturated heterocycles. The van der Waals surface area contributed by atoms with Gasteiger partial charge in [-0.25, -0.2) is 0 Å². The fraction of sp³-hybridized carbons (Fsp3) is 0.571. The molecule has 1 N–H and O–H groups in total. The highest BCUT2D eigenvalue weighted by molar-refractivity contribution is 5.92. The van der Waals surface area contributed by atoms with E-state index in [0.717, 1.165) is 17.8 Å². The summed E-state index contributed by atoms with van der Waals surface area (Å²) >= 11 is 0. The molecule has 132 valence electrons. The number of hydrogen-bond acceptors (Lipinski definition) is 3. The molecule has 0 aliphatic carbocycles. The molecule has 1 aromatic heterocycles. The molecular weight excluding hydrogens is 294 g/mol. The quantitative estimate of drug-likeness (QED) is 0.610. The Labute approximate surface area is 147 Å². The number of anilines is 1. The molecule has 0 aliphatic heterocycles. The Balaban J connectivity index is 1.78. The third-order valence-electron chi connectivity index (χ3n) is 4.79. The summed E-state index contributed by atoms with van der Waals surface area (Å²) < 4.78 is 0. The highest BCUT2D eigenvalue weighted by Crippen LogP contribution is 2.24. The Hall–Kier alpha value is -1.61. The van der Waals surface area contributed by atoms with E-state index in [0.29, 0.717) is 0 Å². The van der Waals surface area contributed by atoms with Crippen LogP contribution in [0, 0.1) is 13.8 Å². The molecule has 3 nitrogen and oxygen atoms in total. The van der Waals surface area contributed by atoms with Gasteiger partial charge in [-0.15, -0.1) is 0 Å². The number of para-hydroxylation sites is 1. The second kappa shape index (κ2) is 9.63. The van der Waals surface area contributed by atoms with Crippen molar-refractivity contribution in [1.29, 1.82) is 0 Å². The Bertz CT molecular complexity index is 632. The molecule has 2 rings (SSSR count). The third kappa shape index (κ3) is 5.20. The van der Waals surface area contributed by atoms with Crippen molar-refractivity contribution in [2.75, 3.05) is 31.5 Å². The molecule has 0 radical (unpaired) electrons. The van der Waals surface area contributed by atoms with Crippen LogP contribution in [0.4, 0.5) is 5.69 Å². The number of nitrogens with one attached hydrogen (secondary N) is 1. The molecule has 24 heavy (non-hydrogen) atoms. The summed E-state index contributed by atoms with van der Waals surface area (Å²) in [6.07, 6.45) is 5.16. The fourth-order valence-corrected chi connectivity index (χ4v) is 3.30. The van der Waals surface area contributed by atoms with Gasteiger partial charge >= 0.3 is 0 Å². The minimum atomic E-state index is 1.03. The van der Waals surface area contributed by atoms with Crippen LogP contribution in [0.25, 0.3) is 10.9 Å². The Morgan fingerprint density at radius 3 is 2.50 bits per heavy atom. The van der Waals surface area contributed by atoms with Gasteiger partial charge in [-0.05, 0) is 64.0 Å². The van der Waals surface area contributed by atoms with Crippen molar-refractivity contribution in [2.24, 2.45) is 0 Å². The maximum atomic E-state index is 4.73. The van der Waals surface area contributed by atoms with Crippen molar-refractivity contribution in [3.05, 3.63) is 35.5 Å². The second-order valence-corrected chi connectivity index (χ2v) is 6.65. The minimum absolute atomic E-state index is 1.03. The van der Waals surface area contributed by atoms with Crippen LogP contribution in [-0.2, 0) is 0 Å². The number of unbranched alkanes of at least 4 members (excludes halogenated alkanes) is 3. The first-order chi connectivity index (χ1) is 11.7. The highest BCUT2D eigenvalue weighted by Gasteiger charge is 2.05. The molecule has 3 heteroatoms. The normalized spacial score (nSPS) is 11.4. The number of benzene rings is 1. The van der Waals surface area contributed by atoms with Crippen LogP contribution in [0.5, 0.6) is 0 Å². The van der Waals surface area contributed by atoms with Crippen molar-refractivity contribution in [3.8, 4) is 0 Å². The van der Waals surface area contributed by atoms with E-state index in [1.807, 2.05) is 0 Å². The van der Waals surface area contributed by atoms with E-state index >= 15 is 0 Å². The first kappa shape index (κ1) is 18.7. The summed E-state index contributed by atoms with van der Waals surface area (Å²) in [5.74, 6) is 0. The summed E-state index contributed by atoms with van der Waals surface area (Å²) in [6, 6.07) is 8.59. The van der Waals surface area contributed by atoms with Crippen molar-refractivity contribution in [2.45, 2.75) is 53.4 Å². The Morgan fingerprint density at radius 1 is 1.00 bits per heavy atom. The van der Waals surface area contributed by atoms with Crippen LogP contribution in [0.15, 0.2) is 24.3 Å². The predicted octanol–water partition coefficient (Wildman–Crippen LogP) is 5.17. The lowest BCUT2D eigenvalue weighted by Gasteiger charge is -2.17. The number of fused-ring (bicyclic) bond motifs is 1. The summed E-state index contributed by atoms with van der Waals surface area (Å²) in [5, 5.41) is 4.85. The number of pyridine rings is 1. The van der Waals surface area contributed by atoms with Crippen LogP contribution in [0.1, 0.15) is 50.8 Å². The van der Waals surface area contributed by atoms with E-state index in [1.165, 1.54) is 62.0 Å². The average Bonchev–Trinajstić information content (AvgIpc) is 2.58. The average molecular weight is 328 g/mol. The molecule has 0 amide bonds. The molecule has 0 bridgehead atoms. The molecule has 0 spiro atoms. The minimum Gasteiger partial charge on any atom is -0.383 e. The molecular formula is C21H33N3. The molecule has 0 aliphatic rings. The van der Waals surface area contributed by atoms with Gasteiger partial charge in [0.15, 0.2) is 0 Å². The summed E-state index contributed by atoms with van der Waals surface area (Å²) in [7, 11) is 0. The zero-order chi connectivity index (χ0) is 17.4. The third-order valence-corrected chi connectivity index (χ3v) is 4.79. The van der Waals surface area contributed by atoms with Gasteiger partial charge in [-0.2, -0.15) is 0 Å². The zero-order valence-corrected chi connectivity index (χ0v) is 15.9. The fourth-order valence-electron chi connectivity index (χ4n) is 3.30. The maximum Gasteiger partial charge on any atom is 0.0939 e. The van der Waals surface area contributed by atoms with Crippen LogP contribution < -0.4 is 5.32 Å². The highest BCUT2D eigenvalue weighted by atomic mass is 15.1. The van der Waals surface area contributed by atoms with E-state index in [2.05, 4.69) is 62.2 Å². The van der Waals surface area contributed by atoms with Gasteiger partial charge in [0.1, 0.15) is 0 Å². The van der Waals surface area contributed by atoms with Crippen LogP contribution >= 0.6 is 0 Å². The molecule has 1 aromatic carbocycles. The zero-order valence-electron chi connectivity index (χ0n) is 15.9. The van der Waals surface area contributed by atoms with Gasteiger partial charge in [0.05, 0.1) is 11.2 Å². The Kier molecular flexibility index (Phi) is 7.51. The van der Waals surface area contributed by atoms with Crippen LogP contribution in [0.3, 0.4) is 0 Å². The summed E-state index contributed by atoms with van der Waals surface area (Å²) in [4.78, 5) is 7.24. The molecule has 0 unspecified atom stereocenters. The lowest BCUT2D eigenvalue weighted by molar-refractivity contribution is 0.295. The number of aryl methyl sites for hydroxylation is 2. The number of hydrogen-bond donors (Lipinski definition) is 1. The number of nitrogens with zero attached hydrogens (tertiary/aromatic N) is 2. The number of rotatable bonds is 10. The van der Waals surface area contributed by atoms with Crippen molar-refractivity contribution in [1.82, 2.24) is 9.88 Å². The van der Waals surface area contributed by atoms with Crippen molar-refractivity contribution in [3.63, 3.8) is 0 Å². The van der Waals surface area contributed by atoms with E-state index in [1.54, 1.807) is 0 Å². The standard InChI is InChI=1S/C21H33N3/c1-5-24(6-2)15-10-8-7-9-14-22-20-13-11-12-19-17(3)16-18(4)23-21(19)20/h11-13,16,22H,5-10,14-15H2,1-4H3. The maximum absolute atomic E-state index is 4.73. The smallest absolute Gasteiger partial charge is 0.0939 e. The molecule has 0 saturated carbocycles. The van der Waals surface area contributed by atoms with E-state index in [9.17, 15) is 0 Å². The largest absolute Gasteiger partial charge is 0.383 e. The second-order valence-electron chi connectivity index (χ2n) is 6.65. The van der Waals surface area contributed by atoms with E-state index in [4.69, 9.17) is 4.98 Å². The molecule has 0 fully saturated rings. The topological polar surface area (TPSA) is 28.2 Å². The van der Waals surface area contributed by atoms with E-state index < -0.39 is 0 Å². The Morgan fingerprint density at radius 2 is 1.75 bits per heavy atom. The molecule has 0 atom stereocenters. The lowest BCUT2D eigenvalue weighted by Crippen LogP contribution is -2.23. The SMILES string of the molecule is CCN(CC)CCCCCCNc1cccc2c(C)cc(C)nc12. The van der Waals surface area contributed by atoms with Crippen molar-refractivity contribution < 1.29 is 0 Å². The van der Waals surface area contributed by atoms with E-state index in [-0.39, 0.29) is 0 Å². The van der Waals surface area contributed by atoms with Crippen LogP contribution in [0.2, 0.25) is 0 Å². The van der Waals surface area contributed by atoms with Gasteiger partial charge in [-0.3, -0.25) is 4.98 Å². The predicted molar refractivity (Wildman–Crippen MR) is 106 cm³/mol. The summed E-state index contributed by atoms with van der Waals surface area (Å²) in [5.41, 5.74) is 4.67. The van der Waals surface area contributed by atoms with Gasteiger partial charge in [0.2, 0.25) is 0 Å². The van der Waals surface area contributed by atoms with Gasteiger partial charge in [0, 0.05) is 17.6 Å². The van der Waals surface area contributed by atoms with Gasteiger partial charge in [0.25, 0.3) is 0 Å². The number of aromatic nitrogens is 1. The van der Waals surface area contributed by atoms with Gasteiger partial charge < -0.3 is 10.2 Å². The first-order valence-electron chi connectivity index (χ1n) is 9.49. The molecule has 2 aromatic rings. The van der Waals surface area contributed by atoms with Crippen LogP contribution in [-0.4, -0.2) is 36.1 Å². The van der Waals surface area contributed by atoms with Gasteiger partial charge in [-0.1, -0.05) is 38.8 Å². The lowest BCUT2D eigenvalue weighted by atomic mass is 10.1.